The highest BCUT2D eigenvalue weighted by atomic mass is 16.4. The Morgan fingerprint density at radius 2 is 1.91 bits per heavy atom. The summed E-state index contributed by atoms with van der Waals surface area (Å²) in [6.07, 6.45) is 3.62. The van der Waals surface area contributed by atoms with Crippen LogP contribution in [-0.2, 0) is 18.4 Å². The van der Waals surface area contributed by atoms with E-state index >= 15 is 0 Å². The molecule has 0 radical (unpaired) electrons. The van der Waals surface area contributed by atoms with Gasteiger partial charge in [0.25, 0.3) is 0 Å². The van der Waals surface area contributed by atoms with E-state index in [4.69, 9.17) is 5.11 Å². The first kappa shape index (κ1) is 15.8. The van der Waals surface area contributed by atoms with Crippen molar-refractivity contribution in [1.82, 2.24) is 5.32 Å². The van der Waals surface area contributed by atoms with E-state index in [1.807, 2.05) is 12.1 Å². The first-order valence-corrected chi connectivity index (χ1v) is 8.20. The Kier molecular flexibility index (Phi) is 4.49. The molecule has 3 nitrogen and oxygen atoms in total. The van der Waals surface area contributed by atoms with E-state index in [0.29, 0.717) is 5.56 Å². The summed E-state index contributed by atoms with van der Waals surface area (Å²) in [7, 11) is 0. The maximum atomic E-state index is 10.9. The summed E-state index contributed by atoms with van der Waals surface area (Å²) in [6, 6.07) is 15.9. The second kappa shape index (κ2) is 6.55. The van der Waals surface area contributed by atoms with Gasteiger partial charge in [-0.1, -0.05) is 43.3 Å². The summed E-state index contributed by atoms with van der Waals surface area (Å²) in [6.45, 7) is 4.04. The van der Waals surface area contributed by atoms with Crippen LogP contribution in [0.4, 0.5) is 0 Å². The molecule has 0 spiro atoms. The third-order valence-corrected chi connectivity index (χ3v) is 4.89. The Balaban J connectivity index is 1.63. The molecule has 0 bridgehead atoms. The Labute approximate surface area is 137 Å². The number of nitrogens with one attached hydrogen (secondary N) is 1. The average molecular weight is 309 g/mol. The minimum atomic E-state index is -0.879. The van der Waals surface area contributed by atoms with Gasteiger partial charge in [0.15, 0.2) is 0 Å². The van der Waals surface area contributed by atoms with Crippen LogP contribution in [-0.4, -0.2) is 17.6 Å². The fraction of sp³-hybridized carbons (Fsp3) is 0.350. The highest BCUT2D eigenvalue weighted by Crippen LogP contribution is 2.36. The van der Waals surface area contributed by atoms with Gasteiger partial charge in [-0.25, -0.2) is 4.79 Å². The van der Waals surface area contributed by atoms with Crippen molar-refractivity contribution in [3.8, 4) is 0 Å². The molecule has 3 rings (SSSR count). The predicted molar refractivity (Wildman–Crippen MR) is 91.8 cm³/mol. The molecule has 3 heteroatoms. The molecule has 2 aromatic carbocycles. The van der Waals surface area contributed by atoms with Crippen molar-refractivity contribution in [3.63, 3.8) is 0 Å². The van der Waals surface area contributed by atoms with E-state index < -0.39 is 5.97 Å². The van der Waals surface area contributed by atoms with Gasteiger partial charge in [-0.2, -0.15) is 0 Å². The number of aryl methyl sites for hydroxylation is 1. The molecule has 2 N–H and O–H groups in total. The van der Waals surface area contributed by atoms with Crippen molar-refractivity contribution in [2.75, 3.05) is 6.54 Å². The summed E-state index contributed by atoms with van der Waals surface area (Å²) in [4.78, 5) is 10.9. The first-order chi connectivity index (χ1) is 11.1. The van der Waals surface area contributed by atoms with Crippen LogP contribution in [0.15, 0.2) is 48.5 Å². The monoisotopic (exact) mass is 309 g/mol. The molecule has 0 heterocycles. The minimum absolute atomic E-state index is 0.176. The van der Waals surface area contributed by atoms with Gasteiger partial charge in [0.2, 0.25) is 0 Å². The molecule has 23 heavy (non-hydrogen) atoms. The molecule has 1 aliphatic rings. The highest BCUT2D eigenvalue weighted by molar-refractivity contribution is 5.87. The fourth-order valence-corrected chi connectivity index (χ4v) is 3.56. The molecule has 1 aliphatic carbocycles. The Morgan fingerprint density at radius 3 is 2.65 bits per heavy atom. The number of fused-ring (bicyclic) bond motifs is 1. The van der Waals surface area contributed by atoms with Crippen LogP contribution in [0.2, 0.25) is 0 Å². The van der Waals surface area contributed by atoms with E-state index in [1.165, 1.54) is 30.4 Å². The number of hydrogen-bond acceptors (Lipinski definition) is 2. The van der Waals surface area contributed by atoms with Crippen LogP contribution in [0.5, 0.6) is 0 Å². The van der Waals surface area contributed by atoms with Crippen LogP contribution in [0, 0.1) is 0 Å². The molecule has 0 amide bonds. The topological polar surface area (TPSA) is 49.3 Å². The summed E-state index contributed by atoms with van der Waals surface area (Å²) < 4.78 is 0. The maximum Gasteiger partial charge on any atom is 0.335 e. The van der Waals surface area contributed by atoms with Crippen molar-refractivity contribution in [3.05, 3.63) is 70.8 Å². The highest BCUT2D eigenvalue weighted by Gasteiger charge is 2.31. The van der Waals surface area contributed by atoms with E-state index in [0.717, 1.165) is 18.7 Å². The lowest BCUT2D eigenvalue weighted by Crippen LogP contribution is -2.38. The molecule has 120 valence electrons. The molecule has 0 aromatic heterocycles. The number of benzene rings is 2. The van der Waals surface area contributed by atoms with Crippen LogP contribution in [0.3, 0.4) is 0 Å². The standard InChI is InChI=1S/C20H23NO2/c1-20(12-4-6-16-5-2-3-7-18(16)20)14-21-13-15-8-10-17(11-9-15)19(22)23/h2-3,5,7-11,21H,4,6,12-14H2,1H3,(H,22,23). The molecule has 0 saturated heterocycles. The van der Waals surface area contributed by atoms with Gasteiger partial charge in [-0.3, -0.25) is 0 Å². The summed E-state index contributed by atoms with van der Waals surface area (Å²) in [5, 5.41) is 12.5. The van der Waals surface area contributed by atoms with Gasteiger partial charge in [0, 0.05) is 18.5 Å². The second-order valence-corrected chi connectivity index (χ2v) is 6.68. The zero-order valence-electron chi connectivity index (χ0n) is 13.5. The molecule has 1 unspecified atom stereocenters. The van der Waals surface area contributed by atoms with Gasteiger partial charge < -0.3 is 10.4 Å². The SMILES string of the molecule is CC1(CNCc2ccc(C(=O)O)cc2)CCCc2ccccc21. The number of rotatable bonds is 5. The lowest BCUT2D eigenvalue weighted by molar-refractivity contribution is 0.0697. The third-order valence-electron chi connectivity index (χ3n) is 4.89. The van der Waals surface area contributed by atoms with Gasteiger partial charge in [-0.15, -0.1) is 0 Å². The van der Waals surface area contributed by atoms with Crippen molar-refractivity contribution >= 4 is 5.97 Å². The summed E-state index contributed by atoms with van der Waals surface area (Å²) in [5.74, 6) is -0.879. The van der Waals surface area contributed by atoms with Crippen molar-refractivity contribution in [2.24, 2.45) is 0 Å². The van der Waals surface area contributed by atoms with Gasteiger partial charge in [0.05, 0.1) is 5.56 Å². The lowest BCUT2D eigenvalue weighted by atomic mass is 9.71. The fourth-order valence-electron chi connectivity index (χ4n) is 3.56. The minimum Gasteiger partial charge on any atom is -0.478 e. The lowest BCUT2D eigenvalue weighted by Gasteiger charge is -2.36. The van der Waals surface area contributed by atoms with Crippen molar-refractivity contribution in [2.45, 2.75) is 38.1 Å². The molecular weight excluding hydrogens is 286 g/mol. The summed E-state index contributed by atoms with van der Waals surface area (Å²) in [5.41, 5.74) is 4.58. The van der Waals surface area contributed by atoms with E-state index in [-0.39, 0.29) is 5.41 Å². The Morgan fingerprint density at radius 1 is 1.17 bits per heavy atom. The number of hydrogen-bond donors (Lipinski definition) is 2. The average Bonchev–Trinajstić information content (AvgIpc) is 2.56. The molecule has 0 saturated carbocycles. The van der Waals surface area contributed by atoms with Crippen LogP contribution < -0.4 is 5.32 Å². The summed E-state index contributed by atoms with van der Waals surface area (Å²) >= 11 is 0. The first-order valence-electron chi connectivity index (χ1n) is 8.20. The predicted octanol–water partition coefficient (Wildman–Crippen LogP) is 3.77. The zero-order valence-corrected chi connectivity index (χ0v) is 13.5. The molecule has 0 fully saturated rings. The molecule has 2 aromatic rings. The van der Waals surface area contributed by atoms with Gasteiger partial charge in [0.1, 0.15) is 0 Å². The Bertz CT molecular complexity index is 693. The molecular formula is C20H23NO2. The Hall–Kier alpha value is -2.13. The number of carbonyl (C=O) groups is 1. The number of carboxylic acid groups (broad SMARTS) is 1. The maximum absolute atomic E-state index is 10.9. The van der Waals surface area contributed by atoms with Gasteiger partial charge in [-0.05, 0) is 48.1 Å². The molecule has 1 atom stereocenters. The molecule has 0 aliphatic heterocycles. The van der Waals surface area contributed by atoms with E-state index in [2.05, 4.69) is 36.5 Å². The van der Waals surface area contributed by atoms with Crippen molar-refractivity contribution in [1.29, 1.82) is 0 Å². The smallest absolute Gasteiger partial charge is 0.335 e. The number of carboxylic acids is 1. The van der Waals surface area contributed by atoms with Crippen LogP contribution in [0.1, 0.15) is 46.8 Å². The van der Waals surface area contributed by atoms with E-state index in [9.17, 15) is 4.79 Å². The third kappa shape index (κ3) is 3.45. The van der Waals surface area contributed by atoms with E-state index in [1.54, 1.807) is 12.1 Å². The van der Waals surface area contributed by atoms with Crippen LogP contribution in [0.25, 0.3) is 0 Å². The zero-order chi connectivity index (χ0) is 16.3. The quantitative estimate of drug-likeness (QED) is 0.884. The number of aromatic carboxylic acids is 1. The van der Waals surface area contributed by atoms with Crippen molar-refractivity contribution < 1.29 is 9.90 Å². The van der Waals surface area contributed by atoms with Gasteiger partial charge >= 0.3 is 5.97 Å². The normalized spacial score (nSPS) is 20.0. The van der Waals surface area contributed by atoms with Crippen LogP contribution >= 0.6 is 0 Å². The largest absolute Gasteiger partial charge is 0.478 e. The second-order valence-electron chi connectivity index (χ2n) is 6.68.